The Hall–Kier alpha value is -2.24. The number of Topliss-reactive ketones (excluding diaryl/α,β-unsaturated/α-hetero) is 1. The zero-order valence-electron chi connectivity index (χ0n) is 14.0. The molecule has 0 bridgehead atoms. The number of carbonyl (C=O) groups is 2. The SMILES string of the molecule is CCCn1c(=NC(=O)c2ccc(C(C)=O)cc2)sc2cccc(Cl)c21. The van der Waals surface area contributed by atoms with Crippen molar-refractivity contribution in [1.82, 2.24) is 4.57 Å². The topological polar surface area (TPSA) is 51.4 Å². The van der Waals surface area contributed by atoms with Gasteiger partial charge in [-0.3, -0.25) is 9.59 Å². The van der Waals surface area contributed by atoms with E-state index in [9.17, 15) is 9.59 Å². The van der Waals surface area contributed by atoms with E-state index < -0.39 is 0 Å². The number of thiazole rings is 1. The smallest absolute Gasteiger partial charge is 0.279 e. The Morgan fingerprint density at radius 2 is 1.80 bits per heavy atom. The number of hydrogen-bond acceptors (Lipinski definition) is 3. The third-order valence-electron chi connectivity index (χ3n) is 3.83. The molecule has 3 aromatic rings. The van der Waals surface area contributed by atoms with Crippen LogP contribution >= 0.6 is 22.9 Å². The first kappa shape index (κ1) is 17.6. The highest BCUT2D eigenvalue weighted by Crippen LogP contribution is 2.25. The molecule has 1 heterocycles. The molecule has 6 heteroatoms. The summed E-state index contributed by atoms with van der Waals surface area (Å²) in [4.78, 5) is 28.8. The molecule has 128 valence electrons. The van der Waals surface area contributed by atoms with Gasteiger partial charge in [-0.15, -0.1) is 0 Å². The summed E-state index contributed by atoms with van der Waals surface area (Å²) in [5.74, 6) is -0.362. The minimum atomic E-state index is -0.331. The van der Waals surface area contributed by atoms with Crippen LogP contribution in [-0.2, 0) is 6.54 Å². The number of halogens is 1. The fraction of sp³-hybridized carbons (Fsp3) is 0.211. The first-order valence-electron chi connectivity index (χ1n) is 7.99. The van der Waals surface area contributed by atoms with E-state index in [4.69, 9.17) is 11.6 Å². The monoisotopic (exact) mass is 372 g/mol. The van der Waals surface area contributed by atoms with Crippen LogP contribution in [0.15, 0.2) is 47.5 Å². The maximum Gasteiger partial charge on any atom is 0.279 e. The normalized spacial score (nSPS) is 11.9. The number of aryl methyl sites for hydroxylation is 1. The van der Waals surface area contributed by atoms with Crippen molar-refractivity contribution in [3.63, 3.8) is 0 Å². The second-order valence-electron chi connectivity index (χ2n) is 5.67. The van der Waals surface area contributed by atoms with Gasteiger partial charge in [0, 0.05) is 17.7 Å². The van der Waals surface area contributed by atoms with E-state index in [0.29, 0.717) is 21.0 Å². The molecule has 1 amide bonds. The van der Waals surface area contributed by atoms with E-state index in [1.165, 1.54) is 18.3 Å². The number of nitrogens with zero attached hydrogens (tertiary/aromatic N) is 2. The molecule has 3 rings (SSSR count). The van der Waals surface area contributed by atoms with E-state index in [-0.39, 0.29) is 11.7 Å². The Morgan fingerprint density at radius 3 is 2.44 bits per heavy atom. The number of ketones is 1. The number of fused-ring (bicyclic) bond motifs is 1. The van der Waals surface area contributed by atoms with Gasteiger partial charge >= 0.3 is 0 Å². The van der Waals surface area contributed by atoms with Gasteiger partial charge in [0.15, 0.2) is 10.6 Å². The highest BCUT2D eigenvalue weighted by molar-refractivity contribution is 7.16. The second-order valence-corrected chi connectivity index (χ2v) is 7.09. The zero-order valence-corrected chi connectivity index (χ0v) is 15.5. The molecule has 0 aliphatic carbocycles. The first-order chi connectivity index (χ1) is 12.0. The van der Waals surface area contributed by atoms with E-state index in [1.54, 1.807) is 24.3 Å². The zero-order chi connectivity index (χ0) is 18.0. The summed E-state index contributed by atoms with van der Waals surface area (Å²) in [7, 11) is 0. The average Bonchev–Trinajstić information content (AvgIpc) is 2.94. The lowest BCUT2D eigenvalue weighted by molar-refractivity contribution is 0.0991. The third-order valence-corrected chi connectivity index (χ3v) is 5.18. The summed E-state index contributed by atoms with van der Waals surface area (Å²) in [5, 5.41) is 0.655. The van der Waals surface area contributed by atoms with E-state index in [2.05, 4.69) is 11.9 Å². The second kappa shape index (κ2) is 7.33. The lowest BCUT2D eigenvalue weighted by Crippen LogP contribution is -2.17. The number of para-hydroxylation sites is 1. The Bertz CT molecular complexity index is 1020. The lowest BCUT2D eigenvalue weighted by Gasteiger charge is -2.04. The Labute approximate surface area is 154 Å². The van der Waals surface area contributed by atoms with E-state index >= 15 is 0 Å². The molecule has 0 radical (unpaired) electrons. The number of benzene rings is 2. The highest BCUT2D eigenvalue weighted by atomic mass is 35.5. The maximum absolute atomic E-state index is 12.5. The maximum atomic E-state index is 12.5. The summed E-state index contributed by atoms with van der Waals surface area (Å²) in [6.07, 6.45) is 0.908. The lowest BCUT2D eigenvalue weighted by atomic mass is 10.1. The van der Waals surface area contributed by atoms with Crippen molar-refractivity contribution in [2.75, 3.05) is 0 Å². The molecule has 4 nitrogen and oxygen atoms in total. The number of amides is 1. The third kappa shape index (κ3) is 3.57. The van der Waals surface area contributed by atoms with Crippen LogP contribution in [0.25, 0.3) is 10.2 Å². The molecule has 2 aromatic carbocycles. The van der Waals surface area contributed by atoms with Crippen molar-refractivity contribution >= 4 is 44.8 Å². The fourth-order valence-corrected chi connectivity index (χ4v) is 4.02. The van der Waals surface area contributed by atoms with Crippen molar-refractivity contribution in [2.45, 2.75) is 26.8 Å². The van der Waals surface area contributed by atoms with Gasteiger partial charge in [-0.05, 0) is 37.6 Å². The van der Waals surface area contributed by atoms with Crippen molar-refractivity contribution in [1.29, 1.82) is 0 Å². The molecular weight excluding hydrogens is 356 g/mol. The minimum absolute atomic E-state index is 0.0316. The fourth-order valence-electron chi connectivity index (χ4n) is 2.60. The van der Waals surface area contributed by atoms with Crippen LogP contribution in [0.1, 0.15) is 41.0 Å². The number of hydrogen-bond donors (Lipinski definition) is 0. The highest BCUT2D eigenvalue weighted by Gasteiger charge is 2.11. The largest absolute Gasteiger partial charge is 0.315 e. The predicted octanol–water partition coefficient (Wildman–Crippen LogP) is 4.71. The molecule has 0 N–H and O–H groups in total. The van der Waals surface area contributed by atoms with Gasteiger partial charge in [-0.1, -0.05) is 48.1 Å². The number of aromatic nitrogens is 1. The molecule has 25 heavy (non-hydrogen) atoms. The minimum Gasteiger partial charge on any atom is -0.315 e. The van der Waals surface area contributed by atoms with Gasteiger partial charge in [0.25, 0.3) is 5.91 Å². The number of carbonyl (C=O) groups excluding carboxylic acids is 2. The molecule has 1 aromatic heterocycles. The quantitative estimate of drug-likeness (QED) is 0.623. The average molecular weight is 373 g/mol. The van der Waals surface area contributed by atoms with Crippen LogP contribution in [0.5, 0.6) is 0 Å². The molecule has 0 aliphatic heterocycles. The van der Waals surface area contributed by atoms with E-state index in [1.807, 2.05) is 22.8 Å². The van der Waals surface area contributed by atoms with Crippen LogP contribution in [0, 0.1) is 0 Å². The molecule has 0 fully saturated rings. The molecular formula is C19H17ClN2O2S. The summed E-state index contributed by atoms with van der Waals surface area (Å²) < 4.78 is 2.99. The van der Waals surface area contributed by atoms with Crippen molar-refractivity contribution in [3.05, 3.63) is 63.4 Å². The molecule has 0 aliphatic rings. The first-order valence-corrected chi connectivity index (χ1v) is 9.18. The van der Waals surface area contributed by atoms with Crippen LogP contribution in [0.3, 0.4) is 0 Å². The van der Waals surface area contributed by atoms with Gasteiger partial charge in [-0.2, -0.15) is 4.99 Å². The number of rotatable bonds is 4. The van der Waals surface area contributed by atoms with Gasteiger partial charge in [0.2, 0.25) is 0 Å². The van der Waals surface area contributed by atoms with Crippen LogP contribution < -0.4 is 4.80 Å². The van der Waals surface area contributed by atoms with Gasteiger partial charge in [0.1, 0.15) is 0 Å². The van der Waals surface area contributed by atoms with Gasteiger partial charge < -0.3 is 4.57 Å². The van der Waals surface area contributed by atoms with Crippen LogP contribution in [0.4, 0.5) is 0 Å². The molecule has 0 unspecified atom stereocenters. The Morgan fingerprint density at radius 1 is 1.12 bits per heavy atom. The summed E-state index contributed by atoms with van der Waals surface area (Å²) in [5.41, 5.74) is 1.94. The standard InChI is InChI=1S/C19H17ClN2O2S/c1-3-11-22-17-15(20)5-4-6-16(17)25-19(22)21-18(24)14-9-7-13(8-10-14)12(2)23/h4-10H,3,11H2,1-2H3. The van der Waals surface area contributed by atoms with Gasteiger partial charge in [0.05, 0.1) is 15.2 Å². The summed E-state index contributed by atoms with van der Waals surface area (Å²) in [6.45, 7) is 4.30. The Kier molecular flexibility index (Phi) is 5.16. The molecule has 0 spiro atoms. The molecule has 0 saturated carbocycles. The van der Waals surface area contributed by atoms with Crippen molar-refractivity contribution in [3.8, 4) is 0 Å². The summed E-state index contributed by atoms with van der Waals surface area (Å²) in [6, 6.07) is 12.3. The Balaban J connectivity index is 2.08. The molecule has 0 saturated heterocycles. The van der Waals surface area contributed by atoms with Crippen molar-refractivity contribution in [2.24, 2.45) is 4.99 Å². The van der Waals surface area contributed by atoms with Gasteiger partial charge in [-0.25, -0.2) is 0 Å². The van der Waals surface area contributed by atoms with Crippen LogP contribution in [-0.4, -0.2) is 16.3 Å². The van der Waals surface area contributed by atoms with E-state index in [0.717, 1.165) is 23.2 Å². The van der Waals surface area contributed by atoms with Crippen molar-refractivity contribution < 1.29 is 9.59 Å². The van der Waals surface area contributed by atoms with Crippen LogP contribution in [0.2, 0.25) is 5.02 Å². The molecule has 0 atom stereocenters. The summed E-state index contributed by atoms with van der Waals surface area (Å²) >= 11 is 7.79. The predicted molar refractivity (Wildman–Crippen MR) is 101 cm³/mol.